The highest BCUT2D eigenvalue weighted by Crippen LogP contribution is 2.42. The van der Waals surface area contributed by atoms with Gasteiger partial charge in [0.05, 0.1) is 6.07 Å². The van der Waals surface area contributed by atoms with Crippen LogP contribution in [0.4, 0.5) is 10.5 Å². The predicted molar refractivity (Wildman–Crippen MR) is 93.1 cm³/mol. The van der Waals surface area contributed by atoms with Crippen LogP contribution < -0.4 is 5.32 Å². The lowest BCUT2D eigenvalue weighted by Gasteiger charge is -2.31. The van der Waals surface area contributed by atoms with Crippen LogP contribution in [0.2, 0.25) is 0 Å². The summed E-state index contributed by atoms with van der Waals surface area (Å²) in [5, 5.41) is 12.6. The van der Waals surface area contributed by atoms with E-state index < -0.39 is 6.04 Å². The summed E-state index contributed by atoms with van der Waals surface area (Å²) in [4.78, 5) is 14.7. The van der Waals surface area contributed by atoms with Gasteiger partial charge in [-0.3, -0.25) is 0 Å². The van der Waals surface area contributed by atoms with Gasteiger partial charge in [-0.1, -0.05) is 52.8 Å². The maximum absolute atomic E-state index is 12.9. The fraction of sp³-hybridized carbons (Fsp3) is 0.579. The Morgan fingerprint density at radius 3 is 2.65 bits per heavy atom. The van der Waals surface area contributed by atoms with Crippen LogP contribution in [0.15, 0.2) is 24.3 Å². The number of nitrogens with zero attached hydrogens (tertiary/aromatic N) is 2. The summed E-state index contributed by atoms with van der Waals surface area (Å²) in [6.07, 6.45) is 1.71. The molecule has 1 aliphatic rings. The summed E-state index contributed by atoms with van der Waals surface area (Å²) >= 11 is 0. The fourth-order valence-electron chi connectivity index (χ4n) is 3.51. The predicted octanol–water partition coefficient (Wildman–Crippen LogP) is 4.43. The van der Waals surface area contributed by atoms with E-state index in [1.54, 1.807) is 4.90 Å². The van der Waals surface area contributed by atoms with Gasteiger partial charge in [-0.05, 0) is 30.4 Å². The van der Waals surface area contributed by atoms with Crippen LogP contribution in [-0.2, 0) is 6.42 Å². The Morgan fingerprint density at radius 2 is 2.09 bits per heavy atom. The zero-order valence-corrected chi connectivity index (χ0v) is 14.8. The molecule has 2 atom stereocenters. The summed E-state index contributed by atoms with van der Waals surface area (Å²) in [7, 11) is 0. The van der Waals surface area contributed by atoms with Gasteiger partial charge in [0.15, 0.2) is 0 Å². The van der Waals surface area contributed by atoms with E-state index in [2.05, 4.69) is 46.0 Å². The van der Waals surface area contributed by atoms with Crippen molar-refractivity contribution in [3.05, 3.63) is 29.8 Å². The van der Waals surface area contributed by atoms with E-state index >= 15 is 0 Å². The SMILES string of the molecule is CCc1ccccc1NC(=O)N1C(C(C)C)CC(C)(C)C1C#N. The number of para-hydroxylation sites is 1. The van der Waals surface area contributed by atoms with Crippen molar-refractivity contribution in [1.29, 1.82) is 5.26 Å². The molecule has 2 unspecified atom stereocenters. The molecular weight excluding hydrogens is 286 g/mol. The standard InChI is InChI=1S/C19H27N3O/c1-6-14-9-7-8-10-15(14)21-18(23)22-16(13(2)3)11-19(4,5)17(22)12-20/h7-10,13,16-17H,6,11H2,1-5H3,(H,21,23). The van der Waals surface area contributed by atoms with Crippen LogP contribution in [-0.4, -0.2) is 23.0 Å². The van der Waals surface area contributed by atoms with E-state index in [0.717, 1.165) is 24.1 Å². The lowest BCUT2D eigenvalue weighted by atomic mass is 9.83. The smallest absolute Gasteiger partial charge is 0.308 e. The molecule has 0 saturated carbocycles. The van der Waals surface area contributed by atoms with Crippen molar-refractivity contribution in [3.63, 3.8) is 0 Å². The molecule has 1 aromatic rings. The average Bonchev–Trinajstić information content (AvgIpc) is 2.78. The van der Waals surface area contributed by atoms with Crippen molar-refractivity contribution in [3.8, 4) is 6.07 Å². The molecule has 0 bridgehead atoms. The molecule has 4 nitrogen and oxygen atoms in total. The Labute approximate surface area is 139 Å². The number of carbonyl (C=O) groups excluding carboxylic acids is 1. The van der Waals surface area contributed by atoms with Gasteiger partial charge in [0.2, 0.25) is 0 Å². The van der Waals surface area contributed by atoms with E-state index in [1.807, 2.05) is 24.3 Å². The Morgan fingerprint density at radius 1 is 1.43 bits per heavy atom. The van der Waals surface area contributed by atoms with Crippen LogP contribution in [0.3, 0.4) is 0 Å². The highest BCUT2D eigenvalue weighted by molar-refractivity contribution is 5.91. The third kappa shape index (κ3) is 3.34. The van der Waals surface area contributed by atoms with Gasteiger partial charge in [-0.15, -0.1) is 0 Å². The largest absolute Gasteiger partial charge is 0.323 e. The molecule has 1 heterocycles. The second-order valence-electron chi connectivity index (χ2n) is 7.38. The Balaban J connectivity index is 2.30. The van der Waals surface area contributed by atoms with Crippen molar-refractivity contribution in [2.24, 2.45) is 11.3 Å². The number of amides is 2. The second kappa shape index (κ2) is 6.62. The third-order valence-corrected chi connectivity index (χ3v) is 4.88. The minimum atomic E-state index is -0.399. The molecule has 4 heteroatoms. The zero-order valence-electron chi connectivity index (χ0n) is 14.8. The lowest BCUT2D eigenvalue weighted by Crippen LogP contribution is -2.47. The van der Waals surface area contributed by atoms with E-state index in [4.69, 9.17) is 0 Å². The molecule has 0 spiro atoms. The van der Waals surface area contributed by atoms with Gasteiger partial charge >= 0.3 is 6.03 Å². The lowest BCUT2D eigenvalue weighted by molar-refractivity contribution is 0.174. The van der Waals surface area contributed by atoms with E-state index in [1.165, 1.54) is 0 Å². The van der Waals surface area contributed by atoms with Crippen molar-refractivity contribution < 1.29 is 4.79 Å². The number of aryl methyl sites for hydroxylation is 1. The number of urea groups is 1. The zero-order chi connectivity index (χ0) is 17.2. The monoisotopic (exact) mass is 313 g/mol. The maximum atomic E-state index is 12.9. The minimum absolute atomic E-state index is 0.0865. The molecule has 124 valence electrons. The van der Waals surface area contributed by atoms with Gasteiger partial charge in [0.1, 0.15) is 6.04 Å². The van der Waals surface area contributed by atoms with Gasteiger partial charge in [0.25, 0.3) is 0 Å². The molecule has 0 aliphatic carbocycles. The van der Waals surface area contributed by atoms with Crippen LogP contribution in [0.5, 0.6) is 0 Å². The second-order valence-corrected chi connectivity index (χ2v) is 7.38. The quantitative estimate of drug-likeness (QED) is 0.897. The summed E-state index contributed by atoms with van der Waals surface area (Å²) < 4.78 is 0. The molecule has 23 heavy (non-hydrogen) atoms. The number of carbonyl (C=O) groups is 1. The Hall–Kier alpha value is -2.02. The Bertz CT molecular complexity index is 615. The number of nitrogens with one attached hydrogen (secondary N) is 1. The molecule has 0 aromatic heterocycles. The minimum Gasteiger partial charge on any atom is -0.308 e. The van der Waals surface area contributed by atoms with Crippen molar-refractivity contribution in [2.75, 3.05) is 5.32 Å². The number of hydrogen-bond donors (Lipinski definition) is 1. The number of benzene rings is 1. The van der Waals surface area contributed by atoms with Gasteiger partial charge in [0, 0.05) is 17.1 Å². The van der Waals surface area contributed by atoms with Gasteiger partial charge in [-0.2, -0.15) is 5.26 Å². The van der Waals surface area contributed by atoms with Gasteiger partial charge < -0.3 is 10.2 Å². The summed E-state index contributed by atoms with van der Waals surface area (Å²) in [6, 6.07) is 9.71. The highest BCUT2D eigenvalue weighted by Gasteiger charge is 2.49. The molecule has 0 radical (unpaired) electrons. The summed E-state index contributed by atoms with van der Waals surface area (Å²) in [5.41, 5.74) is 1.75. The van der Waals surface area contributed by atoms with Crippen molar-refractivity contribution in [2.45, 2.75) is 59.5 Å². The topological polar surface area (TPSA) is 56.1 Å². The van der Waals surface area contributed by atoms with Gasteiger partial charge in [-0.25, -0.2) is 4.79 Å². The maximum Gasteiger partial charge on any atom is 0.323 e. The first-order chi connectivity index (χ1) is 10.8. The summed E-state index contributed by atoms with van der Waals surface area (Å²) in [5.74, 6) is 0.319. The van der Waals surface area contributed by atoms with Crippen LogP contribution >= 0.6 is 0 Å². The third-order valence-electron chi connectivity index (χ3n) is 4.88. The van der Waals surface area contributed by atoms with Crippen molar-refractivity contribution >= 4 is 11.7 Å². The highest BCUT2D eigenvalue weighted by atomic mass is 16.2. The molecule has 1 aromatic carbocycles. The molecule has 1 N–H and O–H groups in total. The summed E-state index contributed by atoms with van der Waals surface area (Å²) in [6.45, 7) is 10.4. The van der Waals surface area contributed by atoms with Crippen molar-refractivity contribution in [1.82, 2.24) is 4.90 Å². The number of hydrogen-bond acceptors (Lipinski definition) is 2. The molecule has 1 fully saturated rings. The molecule has 2 amide bonds. The van der Waals surface area contributed by atoms with E-state index in [9.17, 15) is 10.1 Å². The van der Waals surface area contributed by atoms with Crippen LogP contribution in [0.25, 0.3) is 0 Å². The normalized spacial score (nSPS) is 22.9. The van der Waals surface area contributed by atoms with Crippen LogP contribution in [0, 0.1) is 22.7 Å². The number of rotatable bonds is 3. The first-order valence-electron chi connectivity index (χ1n) is 8.38. The average molecular weight is 313 g/mol. The Kier molecular flexibility index (Phi) is 4.99. The molecule has 1 aliphatic heterocycles. The number of anilines is 1. The number of nitriles is 1. The molecule has 1 saturated heterocycles. The number of likely N-dealkylation sites (tertiary alicyclic amines) is 1. The fourth-order valence-corrected chi connectivity index (χ4v) is 3.51. The molecule has 2 rings (SSSR count). The van der Waals surface area contributed by atoms with E-state index in [0.29, 0.717) is 5.92 Å². The first-order valence-corrected chi connectivity index (χ1v) is 8.38. The van der Waals surface area contributed by atoms with E-state index in [-0.39, 0.29) is 17.5 Å². The molecular formula is C19H27N3O. The first kappa shape index (κ1) is 17.3. The van der Waals surface area contributed by atoms with Crippen LogP contribution in [0.1, 0.15) is 46.6 Å².